The number of aryl methyl sites for hydroxylation is 1. The second-order valence-corrected chi connectivity index (χ2v) is 9.89. The number of carbonyl (C=O) groups excluding carboxylic acids is 1. The molecule has 0 bridgehead atoms. The Morgan fingerprint density at radius 1 is 1.00 bits per heavy atom. The van der Waals surface area contributed by atoms with Crippen molar-refractivity contribution in [2.45, 2.75) is 50.9 Å². The minimum absolute atomic E-state index is 0.00688. The monoisotopic (exact) mass is 429 g/mol. The summed E-state index contributed by atoms with van der Waals surface area (Å²) in [5.41, 5.74) is 4.39. The Morgan fingerprint density at radius 2 is 1.78 bits per heavy atom. The van der Waals surface area contributed by atoms with Gasteiger partial charge in [0.2, 0.25) is 5.91 Å². The molecule has 6 nitrogen and oxygen atoms in total. The van der Waals surface area contributed by atoms with Crippen molar-refractivity contribution in [1.29, 1.82) is 0 Å². The first-order valence-corrected chi connectivity index (χ1v) is 12.1. The van der Waals surface area contributed by atoms with E-state index in [1.54, 1.807) is 0 Å². The second-order valence-electron chi connectivity index (χ2n) is 9.89. The number of hydrogen-bond donors (Lipinski definition) is 1. The van der Waals surface area contributed by atoms with E-state index in [-0.39, 0.29) is 11.3 Å². The third-order valence-corrected chi connectivity index (χ3v) is 7.65. The van der Waals surface area contributed by atoms with Crippen LogP contribution in [0.1, 0.15) is 55.5 Å². The van der Waals surface area contributed by atoms with E-state index in [1.165, 1.54) is 11.1 Å². The molecule has 1 aliphatic carbocycles. The van der Waals surface area contributed by atoms with E-state index in [9.17, 15) is 4.79 Å². The van der Waals surface area contributed by atoms with Gasteiger partial charge in [0.05, 0.1) is 16.8 Å². The summed E-state index contributed by atoms with van der Waals surface area (Å²) in [6.45, 7) is 5.70. The first-order valence-electron chi connectivity index (χ1n) is 12.1. The maximum atomic E-state index is 12.9. The Labute approximate surface area is 189 Å². The zero-order chi connectivity index (χ0) is 21.7. The molecule has 6 heteroatoms. The molecule has 4 heterocycles. The van der Waals surface area contributed by atoms with Crippen LogP contribution in [0, 0.1) is 12.8 Å². The molecule has 1 N–H and O–H groups in total. The topological polar surface area (TPSA) is 65.1 Å². The van der Waals surface area contributed by atoms with Crippen LogP contribution in [0.3, 0.4) is 0 Å². The zero-order valence-electron chi connectivity index (χ0n) is 18.8. The number of hydrogen-bond acceptors (Lipinski definition) is 4. The van der Waals surface area contributed by atoms with Gasteiger partial charge in [0.25, 0.3) is 0 Å². The molecule has 1 atom stereocenters. The summed E-state index contributed by atoms with van der Waals surface area (Å²) in [6, 6.07) is 13.0. The molecule has 0 radical (unpaired) electrons. The number of likely N-dealkylation sites (tertiary alicyclic amines) is 1. The van der Waals surface area contributed by atoms with Gasteiger partial charge in [-0.3, -0.25) is 4.79 Å². The summed E-state index contributed by atoms with van der Waals surface area (Å²) in [7, 11) is 0. The van der Waals surface area contributed by atoms with Gasteiger partial charge < -0.3 is 14.8 Å². The summed E-state index contributed by atoms with van der Waals surface area (Å²) >= 11 is 0. The summed E-state index contributed by atoms with van der Waals surface area (Å²) in [4.78, 5) is 30.7. The van der Waals surface area contributed by atoms with Crippen LogP contribution in [-0.2, 0) is 10.2 Å². The lowest BCUT2D eigenvalue weighted by molar-refractivity contribution is -0.134. The molecule has 2 aliphatic heterocycles. The zero-order valence-corrected chi connectivity index (χ0v) is 18.8. The van der Waals surface area contributed by atoms with Crippen molar-refractivity contribution < 1.29 is 4.79 Å². The number of pyridine rings is 1. The molecule has 3 fully saturated rings. The van der Waals surface area contributed by atoms with Crippen LogP contribution in [-0.4, -0.2) is 51.9 Å². The molecule has 166 valence electrons. The molecule has 0 spiro atoms. The summed E-state index contributed by atoms with van der Waals surface area (Å²) in [6.07, 6.45) is 6.55. The number of nitrogens with zero attached hydrogens (tertiary/aromatic N) is 4. The Hall–Kier alpha value is -2.89. The van der Waals surface area contributed by atoms with Crippen molar-refractivity contribution in [3.05, 3.63) is 53.3 Å². The Bertz CT molecular complexity index is 1140. The molecule has 6 rings (SSSR count). The number of aromatic nitrogens is 3. The van der Waals surface area contributed by atoms with Crippen LogP contribution >= 0.6 is 0 Å². The predicted octanol–water partition coefficient (Wildman–Crippen LogP) is 4.19. The van der Waals surface area contributed by atoms with E-state index in [0.717, 1.165) is 87.5 Å². The number of fused-ring (bicyclic) bond motifs is 1. The fourth-order valence-electron chi connectivity index (χ4n) is 5.53. The minimum atomic E-state index is 0.00688. The maximum Gasteiger partial charge on any atom is 0.227 e. The second kappa shape index (κ2) is 7.61. The number of imidazole rings is 1. The number of piperidine rings is 1. The summed E-state index contributed by atoms with van der Waals surface area (Å²) in [5, 5.41) is 0. The molecule has 3 aromatic rings. The van der Waals surface area contributed by atoms with Crippen molar-refractivity contribution in [2.24, 2.45) is 5.92 Å². The van der Waals surface area contributed by atoms with Gasteiger partial charge >= 0.3 is 0 Å². The van der Waals surface area contributed by atoms with Crippen molar-refractivity contribution in [1.82, 2.24) is 19.9 Å². The molecule has 1 unspecified atom stereocenters. The number of H-pyrrole nitrogens is 1. The Kier molecular flexibility index (Phi) is 4.70. The van der Waals surface area contributed by atoms with Gasteiger partial charge in [0, 0.05) is 26.2 Å². The first-order chi connectivity index (χ1) is 15.6. The molecule has 2 saturated heterocycles. The van der Waals surface area contributed by atoms with E-state index in [4.69, 9.17) is 9.97 Å². The molecule has 1 aromatic carbocycles. The Balaban J connectivity index is 1.24. The van der Waals surface area contributed by atoms with Crippen LogP contribution in [0.5, 0.6) is 0 Å². The molecule has 2 aromatic heterocycles. The smallest absolute Gasteiger partial charge is 0.227 e. The highest BCUT2D eigenvalue weighted by molar-refractivity contribution is 5.80. The third kappa shape index (κ3) is 3.37. The highest BCUT2D eigenvalue weighted by Gasteiger charge is 2.48. The predicted molar refractivity (Wildman–Crippen MR) is 126 cm³/mol. The van der Waals surface area contributed by atoms with Crippen molar-refractivity contribution in [3.63, 3.8) is 0 Å². The van der Waals surface area contributed by atoms with Gasteiger partial charge in [0.15, 0.2) is 5.65 Å². The van der Waals surface area contributed by atoms with Gasteiger partial charge in [-0.1, -0.05) is 29.8 Å². The number of nitrogens with one attached hydrogen (secondary N) is 1. The molecule has 3 aliphatic rings. The van der Waals surface area contributed by atoms with Crippen molar-refractivity contribution >= 4 is 22.9 Å². The van der Waals surface area contributed by atoms with E-state index < -0.39 is 0 Å². The standard InChI is InChI=1S/C26H31N5O/c1-18-6-8-20(9-7-18)26(12-13-26)25-27-21-10-11-22(28-23(21)29-25)31-16-4-5-19(17-31)24(32)30-14-2-3-15-30/h6-11,19H,2-5,12-17H2,1H3,(H,27,28,29). The average Bonchev–Trinajstić information content (AvgIpc) is 3.24. The van der Waals surface area contributed by atoms with Crippen molar-refractivity contribution in [3.8, 4) is 0 Å². The SMILES string of the molecule is Cc1ccc(C2(c3nc4nc(N5CCCC(C(=O)N6CCCC6)C5)ccc4[nH]3)CC2)cc1. The molecule has 32 heavy (non-hydrogen) atoms. The van der Waals surface area contributed by atoms with Gasteiger partial charge in [-0.2, -0.15) is 0 Å². The minimum Gasteiger partial charge on any atom is -0.356 e. The van der Waals surface area contributed by atoms with E-state index >= 15 is 0 Å². The Morgan fingerprint density at radius 3 is 2.53 bits per heavy atom. The quantitative estimate of drug-likeness (QED) is 0.676. The highest BCUT2D eigenvalue weighted by Crippen LogP contribution is 2.52. The van der Waals surface area contributed by atoms with Crippen LogP contribution in [0.15, 0.2) is 36.4 Å². The van der Waals surface area contributed by atoms with Gasteiger partial charge in [-0.15, -0.1) is 0 Å². The number of rotatable bonds is 4. The first kappa shape index (κ1) is 19.8. The van der Waals surface area contributed by atoms with Gasteiger partial charge in [-0.05, 0) is 63.1 Å². The normalized spacial score (nSPS) is 22.5. The number of anilines is 1. The van der Waals surface area contributed by atoms with Crippen LogP contribution in [0.25, 0.3) is 11.2 Å². The van der Waals surface area contributed by atoms with Gasteiger partial charge in [-0.25, -0.2) is 9.97 Å². The van der Waals surface area contributed by atoms with Crippen molar-refractivity contribution in [2.75, 3.05) is 31.1 Å². The van der Waals surface area contributed by atoms with Gasteiger partial charge in [0.1, 0.15) is 11.6 Å². The molecular weight excluding hydrogens is 398 g/mol. The fourth-order valence-corrected chi connectivity index (χ4v) is 5.53. The van der Waals surface area contributed by atoms with Crippen LogP contribution < -0.4 is 4.90 Å². The molecular formula is C26H31N5O. The maximum absolute atomic E-state index is 12.9. The molecule has 1 amide bonds. The lowest BCUT2D eigenvalue weighted by atomic mass is 9.94. The number of aromatic amines is 1. The molecule has 1 saturated carbocycles. The number of amides is 1. The average molecular weight is 430 g/mol. The largest absolute Gasteiger partial charge is 0.356 e. The third-order valence-electron chi connectivity index (χ3n) is 7.65. The van der Waals surface area contributed by atoms with Crippen LogP contribution in [0.2, 0.25) is 0 Å². The summed E-state index contributed by atoms with van der Waals surface area (Å²) < 4.78 is 0. The summed E-state index contributed by atoms with van der Waals surface area (Å²) in [5.74, 6) is 2.39. The van der Waals surface area contributed by atoms with E-state index in [1.807, 2.05) is 0 Å². The van der Waals surface area contributed by atoms with Crippen LogP contribution in [0.4, 0.5) is 5.82 Å². The van der Waals surface area contributed by atoms with E-state index in [0.29, 0.717) is 5.91 Å². The fraction of sp³-hybridized carbons (Fsp3) is 0.500. The number of benzene rings is 1. The lowest BCUT2D eigenvalue weighted by Crippen LogP contribution is -2.44. The number of carbonyl (C=O) groups is 1. The lowest BCUT2D eigenvalue weighted by Gasteiger charge is -2.34. The van der Waals surface area contributed by atoms with E-state index in [2.05, 4.69) is 58.1 Å². The highest BCUT2D eigenvalue weighted by atomic mass is 16.2.